The summed E-state index contributed by atoms with van der Waals surface area (Å²) in [5, 5.41) is 9.00. The lowest BCUT2D eigenvalue weighted by Crippen LogP contribution is -1.97. The second-order valence-corrected chi connectivity index (χ2v) is 6.48. The highest BCUT2D eigenvalue weighted by atomic mass is 32.2. The minimum atomic E-state index is 0.494. The summed E-state index contributed by atoms with van der Waals surface area (Å²) in [6.45, 7) is 0.494. The minimum Gasteiger partial charge on any atom is -0.493 e. The van der Waals surface area contributed by atoms with E-state index in [0.29, 0.717) is 23.7 Å². The van der Waals surface area contributed by atoms with Gasteiger partial charge in [-0.25, -0.2) is 0 Å². The molecule has 3 nitrogen and oxygen atoms in total. The van der Waals surface area contributed by atoms with E-state index in [-0.39, 0.29) is 0 Å². The van der Waals surface area contributed by atoms with Crippen molar-refractivity contribution in [1.82, 2.24) is 0 Å². The third kappa shape index (κ3) is 4.56. The molecule has 0 aliphatic heterocycles. The number of rotatable bonds is 6. The Morgan fingerprint density at radius 1 is 0.880 bits per heavy atom. The SMILES string of the molecule is COc1cc(Sc2cccc(C#N)c2)ccc1OCc1ccccc1. The molecule has 0 heterocycles. The molecule has 0 N–H and O–H groups in total. The van der Waals surface area contributed by atoms with Gasteiger partial charge in [0.25, 0.3) is 0 Å². The first kappa shape index (κ1) is 16.9. The maximum absolute atomic E-state index is 9.00. The molecule has 0 aliphatic rings. The van der Waals surface area contributed by atoms with E-state index in [9.17, 15) is 0 Å². The van der Waals surface area contributed by atoms with E-state index in [4.69, 9.17) is 14.7 Å². The van der Waals surface area contributed by atoms with Gasteiger partial charge in [-0.15, -0.1) is 0 Å². The molecule has 0 fully saturated rings. The van der Waals surface area contributed by atoms with E-state index in [1.807, 2.05) is 66.7 Å². The van der Waals surface area contributed by atoms with Crippen LogP contribution < -0.4 is 9.47 Å². The van der Waals surface area contributed by atoms with Crippen molar-refractivity contribution >= 4 is 11.8 Å². The van der Waals surface area contributed by atoms with Gasteiger partial charge >= 0.3 is 0 Å². The lowest BCUT2D eigenvalue weighted by atomic mass is 10.2. The molecular weight excluding hydrogens is 330 g/mol. The van der Waals surface area contributed by atoms with Gasteiger partial charge < -0.3 is 9.47 Å². The number of nitrogens with zero attached hydrogens (tertiary/aromatic N) is 1. The zero-order chi connectivity index (χ0) is 17.5. The fourth-order valence-corrected chi connectivity index (χ4v) is 3.24. The Morgan fingerprint density at radius 3 is 2.44 bits per heavy atom. The van der Waals surface area contributed by atoms with Crippen LogP contribution >= 0.6 is 11.8 Å². The van der Waals surface area contributed by atoms with Crippen LogP contribution in [0, 0.1) is 11.3 Å². The van der Waals surface area contributed by atoms with Gasteiger partial charge in [0.05, 0.1) is 18.7 Å². The first-order chi connectivity index (χ1) is 12.3. The van der Waals surface area contributed by atoms with Gasteiger partial charge in [-0.1, -0.05) is 48.2 Å². The molecule has 0 saturated carbocycles. The van der Waals surface area contributed by atoms with E-state index in [2.05, 4.69) is 6.07 Å². The molecule has 124 valence electrons. The van der Waals surface area contributed by atoms with Crippen LogP contribution in [0.2, 0.25) is 0 Å². The van der Waals surface area contributed by atoms with Gasteiger partial charge in [0.15, 0.2) is 11.5 Å². The van der Waals surface area contributed by atoms with Crippen molar-refractivity contribution in [3.63, 3.8) is 0 Å². The number of methoxy groups -OCH3 is 1. The summed E-state index contributed by atoms with van der Waals surface area (Å²) in [6.07, 6.45) is 0. The van der Waals surface area contributed by atoms with Crippen LogP contribution in [0.1, 0.15) is 11.1 Å². The zero-order valence-electron chi connectivity index (χ0n) is 13.8. The summed E-state index contributed by atoms with van der Waals surface area (Å²) >= 11 is 1.58. The van der Waals surface area contributed by atoms with E-state index < -0.39 is 0 Å². The summed E-state index contributed by atoms with van der Waals surface area (Å²) < 4.78 is 11.3. The smallest absolute Gasteiger partial charge is 0.161 e. The summed E-state index contributed by atoms with van der Waals surface area (Å²) in [7, 11) is 1.63. The Hall–Kier alpha value is -2.90. The van der Waals surface area contributed by atoms with Crippen molar-refractivity contribution in [2.45, 2.75) is 16.4 Å². The van der Waals surface area contributed by atoms with Crippen molar-refractivity contribution < 1.29 is 9.47 Å². The Labute approximate surface area is 151 Å². The van der Waals surface area contributed by atoms with Gasteiger partial charge in [0.1, 0.15) is 6.61 Å². The van der Waals surface area contributed by atoms with Crippen LogP contribution in [0.25, 0.3) is 0 Å². The van der Waals surface area contributed by atoms with Crippen LogP contribution in [0.4, 0.5) is 0 Å². The molecular formula is C21H17NO2S. The predicted octanol–water partition coefficient (Wildman–Crippen LogP) is 5.30. The first-order valence-electron chi connectivity index (χ1n) is 7.81. The summed E-state index contributed by atoms with van der Waals surface area (Å²) in [6, 6.07) is 25.6. The molecule has 25 heavy (non-hydrogen) atoms. The summed E-state index contributed by atoms with van der Waals surface area (Å²) in [4.78, 5) is 2.04. The molecule has 3 aromatic rings. The quantitative estimate of drug-likeness (QED) is 0.607. The lowest BCUT2D eigenvalue weighted by molar-refractivity contribution is 0.284. The van der Waals surface area contributed by atoms with Crippen molar-refractivity contribution in [3.8, 4) is 17.6 Å². The number of benzene rings is 3. The van der Waals surface area contributed by atoms with E-state index in [1.54, 1.807) is 24.9 Å². The summed E-state index contributed by atoms with van der Waals surface area (Å²) in [5.74, 6) is 1.40. The largest absolute Gasteiger partial charge is 0.493 e. The lowest BCUT2D eigenvalue weighted by Gasteiger charge is -2.12. The zero-order valence-corrected chi connectivity index (χ0v) is 14.6. The maximum atomic E-state index is 9.00. The minimum absolute atomic E-state index is 0.494. The van der Waals surface area contributed by atoms with Gasteiger partial charge in [-0.3, -0.25) is 0 Å². The summed E-state index contributed by atoms with van der Waals surface area (Å²) in [5.41, 5.74) is 1.76. The van der Waals surface area contributed by atoms with Crippen LogP contribution in [-0.2, 0) is 6.61 Å². The number of ether oxygens (including phenoxy) is 2. The highest BCUT2D eigenvalue weighted by Crippen LogP contribution is 2.35. The fraction of sp³-hybridized carbons (Fsp3) is 0.0952. The molecule has 3 aromatic carbocycles. The number of hydrogen-bond donors (Lipinski definition) is 0. The van der Waals surface area contributed by atoms with Gasteiger partial charge in [-0.2, -0.15) is 5.26 Å². The van der Waals surface area contributed by atoms with Crippen molar-refractivity contribution in [2.75, 3.05) is 7.11 Å². The van der Waals surface area contributed by atoms with E-state index >= 15 is 0 Å². The fourth-order valence-electron chi connectivity index (χ4n) is 2.33. The number of hydrogen-bond acceptors (Lipinski definition) is 4. The first-order valence-corrected chi connectivity index (χ1v) is 8.63. The van der Waals surface area contributed by atoms with Gasteiger partial charge in [0.2, 0.25) is 0 Å². The van der Waals surface area contributed by atoms with E-state index in [0.717, 1.165) is 15.4 Å². The normalized spacial score (nSPS) is 10.1. The second-order valence-electron chi connectivity index (χ2n) is 5.33. The topological polar surface area (TPSA) is 42.2 Å². The molecule has 4 heteroatoms. The average Bonchev–Trinajstić information content (AvgIpc) is 2.67. The Balaban J connectivity index is 1.73. The van der Waals surface area contributed by atoms with E-state index in [1.165, 1.54) is 0 Å². The molecule has 3 rings (SSSR count). The third-order valence-electron chi connectivity index (χ3n) is 3.57. The van der Waals surface area contributed by atoms with Crippen LogP contribution in [0.5, 0.6) is 11.5 Å². The van der Waals surface area contributed by atoms with Crippen LogP contribution in [0.3, 0.4) is 0 Å². The molecule has 0 atom stereocenters. The molecule has 0 amide bonds. The highest BCUT2D eigenvalue weighted by molar-refractivity contribution is 7.99. The second kappa shape index (κ2) is 8.27. The highest BCUT2D eigenvalue weighted by Gasteiger charge is 2.08. The van der Waals surface area contributed by atoms with Crippen LogP contribution in [0.15, 0.2) is 82.6 Å². The monoisotopic (exact) mass is 347 g/mol. The third-order valence-corrected chi connectivity index (χ3v) is 4.55. The molecule has 0 aromatic heterocycles. The molecule has 0 bridgehead atoms. The van der Waals surface area contributed by atoms with Crippen molar-refractivity contribution in [3.05, 3.63) is 83.9 Å². The average molecular weight is 347 g/mol. The standard InChI is InChI=1S/C21H17NO2S/c1-23-21-13-19(25-18-9-5-8-17(12-18)14-22)10-11-20(21)24-15-16-6-3-2-4-7-16/h2-13H,15H2,1H3. The Bertz CT molecular complexity index is 888. The van der Waals surface area contributed by atoms with Crippen molar-refractivity contribution in [2.24, 2.45) is 0 Å². The van der Waals surface area contributed by atoms with Crippen LogP contribution in [-0.4, -0.2) is 7.11 Å². The molecule has 0 unspecified atom stereocenters. The maximum Gasteiger partial charge on any atom is 0.161 e. The van der Waals surface area contributed by atoms with Gasteiger partial charge in [0, 0.05) is 9.79 Å². The molecule has 0 spiro atoms. The molecule has 0 saturated heterocycles. The predicted molar refractivity (Wildman–Crippen MR) is 99.0 cm³/mol. The van der Waals surface area contributed by atoms with Crippen molar-refractivity contribution in [1.29, 1.82) is 5.26 Å². The number of nitriles is 1. The van der Waals surface area contributed by atoms with Gasteiger partial charge in [-0.05, 0) is 42.0 Å². The Kier molecular flexibility index (Phi) is 5.61. The Morgan fingerprint density at radius 2 is 1.68 bits per heavy atom. The molecule has 0 radical (unpaired) electrons. The molecule has 0 aliphatic carbocycles.